The van der Waals surface area contributed by atoms with Crippen LogP contribution in [0.4, 0.5) is 13.2 Å². The van der Waals surface area contributed by atoms with E-state index in [0.717, 1.165) is 17.0 Å². The molecule has 0 saturated heterocycles. The third-order valence-corrected chi connectivity index (χ3v) is 4.09. The molecule has 2 aromatic heterocycles. The quantitative estimate of drug-likeness (QED) is 0.703. The van der Waals surface area contributed by atoms with Crippen LogP contribution in [-0.4, -0.2) is 39.6 Å². The van der Waals surface area contributed by atoms with Crippen molar-refractivity contribution in [2.75, 3.05) is 6.26 Å². The highest BCUT2D eigenvalue weighted by molar-refractivity contribution is 7.90. The van der Waals surface area contributed by atoms with Crippen molar-refractivity contribution in [2.24, 2.45) is 0 Å². The van der Waals surface area contributed by atoms with Gasteiger partial charge in [-0.05, 0) is 12.1 Å². The molecule has 0 saturated carbocycles. The fourth-order valence-corrected chi connectivity index (χ4v) is 2.49. The molecule has 0 spiro atoms. The Kier molecular flexibility index (Phi) is 4.03. The van der Waals surface area contributed by atoms with Gasteiger partial charge in [0, 0.05) is 11.8 Å². The molecule has 7 nitrogen and oxygen atoms in total. The Morgan fingerprint density at radius 1 is 1.00 bits per heavy atom. The van der Waals surface area contributed by atoms with Gasteiger partial charge in [-0.2, -0.15) is 17.9 Å². The van der Waals surface area contributed by atoms with E-state index in [1.165, 1.54) is 6.07 Å². The van der Waals surface area contributed by atoms with Crippen LogP contribution in [0, 0.1) is 0 Å². The van der Waals surface area contributed by atoms with Crippen LogP contribution in [0.2, 0.25) is 0 Å². The second-order valence-corrected chi connectivity index (χ2v) is 7.00. The Bertz CT molecular complexity index is 999. The molecule has 0 unspecified atom stereocenters. The van der Waals surface area contributed by atoms with Gasteiger partial charge >= 0.3 is 6.18 Å². The first-order valence-corrected chi connectivity index (χ1v) is 8.69. The Balaban J connectivity index is 2.16. The zero-order valence-corrected chi connectivity index (χ0v) is 13.5. The lowest BCUT2D eigenvalue weighted by Gasteiger charge is -2.05. The number of sulfone groups is 1. The first-order chi connectivity index (χ1) is 11.7. The first kappa shape index (κ1) is 17.0. The molecule has 0 fully saturated rings. The summed E-state index contributed by atoms with van der Waals surface area (Å²) < 4.78 is 62.6. The highest BCUT2D eigenvalue weighted by Crippen LogP contribution is 2.29. The van der Waals surface area contributed by atoms with Crippen molar-refractivity contribution in [3.05, 3.63) is 48.3 Å². The van der Waals surface area contributed by atoms with Crippen LogP contribution in [0.3, 0.4) is 0 Å². The fraction of sp³-hybridized carbons (Fsp3) is 0.143. The Labute approximate surface area is 140 Å². The zero-order valence-electron chi connectivity index (χ0n) is 12.6. The number of halogens is 3. The molecule has 0 atom stereocenters. The van der Waals surface area contributed by atoms with Crippen molar-refractivity contribution in [3.63, 3.8) is 0 Å². The SMILES string of the molecule is CS(=O)(=O)c1ccc(-n2nc(C(F)(F)F)nc2-c2ccccc2)nn1. The average Bonchev–Trinajstić information content (AvgIpc) is 3.00. The van der Waals surface area contributed by atoms with Gasteiger partial charge in [-0.3, -0.25) is 0 Å². The Morgan fingerprint density at radius 3 is 2.20 bits per heavy atom. The number of rotatable bonds is 3. The maximum absolute atomic E-state index is 13.0. The summed E-state index contributed by atoms with van der Waals surface area (Å²) >= 11 is 0. The number of alkyl halides is 3. The lowest BCUT2D eigenvalue weighted by molar-refractivity contribution is -0.144. The minimum absolute atomic E-state index is 0.0886. The summed E-state index contributed by atoms with van der Waals surface area (Å²) in [7, 11) is -3.58. The minimum atomic E-state index is -4.74. The molecule has 130 valence electrons. The monoisotopic (exact) mass is 369 g/mol. The third-order valence-electron chi connectivity index (χ3n) is 3.12. The van der Waals surface area contributed by atoms with E-state index in [1.54, 1.807) is 30.3 Å². The molecular formula is C14H10F3N5O2S. The number of aromatic nitrogens is 5. The number of hydrogen-bond acceptors (Lipinski definition) is 6. The van der Waals surface area contributed by atoms with E-state index >= 15 is 0 Å². The molecule has 2 heterocycles. The molecular weight excluding hydrogens is 359 g/mol. The summed E-state index contributed by atoms with van der Waals surface area (Å²) in [5, 5.41) is 10.3. The third kappa shape index (κ3) is 3.50. The highest BCUT2D eigenvalue weighted by atomic mass is 32.2. The summed E-state index contributed by atoms with van der Waals surface area (Å²) in [5.41, 5.74) is 0.388. The zero-order chi connectivity index (χ0) is 18.2. The lowest BCUT2D eigenvalue weighted by Crippen LogP contribution is -2.10. The maximum Gasteiger partial charge on any atom is 0.453 e. The van der Waals surface area contributed by atoms with Gasteiger partial charge < -0.3 is 0 Å². The second kappa shape index (κ2) is 5.92. The second-order valence-electron chi connectivity index (χ2n) is 5.04. The molecule has 11 heteroatoms. The van der Waals surface area contributed by atoms with Crippen LogP contribution in [-0.2, 0) is 16.0 Å². The fourth-order valence-electron chi connectivity index (χ4n) is 1.99. The highest BCUT2D eigenvalue weighted by Gasteiger charge is 2.37. The van der Waals surface area contributed by atoms with Gasteiger partial charge in [0.1, 0.15) is 0 Å². The standard InChI is InChI=1S/C14H10F3N5O2S/c1-25(23,24)11-8-7-10(19-20-11)22-12(9-5-3-2-4-6-9)18-13(21-22)14(15,16)17/h2-8H,1H3. The number of hydrogen-bond donors (Lipinski definition) is 0. The Morgan fingerprint density at radius 2 is 1.68 bits per heavy atom. The summed E-state index contributed by atoms with van der Waals surface area (Å²) in [6, 6.07) is 10.5. The van der Waals surface area contributed by atoms with E-state index < -0.39 is 21.8 Å². The molecule has 0 amide bonds. The topological polar surface area (TPSA) is 90.6 Å². The van der Waals surface area contributed by atoms with Gasteiger partial charge in [0.2, 0.25) is 0 Å². The van der Waals surface area contributed by atoms with E-state index in [0.29, 0.717) is 5.56 Å². The van der Waals surface area contributed by atoms with E-state index in [2.05, 4.69) is 20.3 Å². The molecule has 0 aliphatic carbocycles. The van der Waals surface area contributed by atoms with E-state index in [1.807, 2.05) is 0 Å². The van der Waals surface area contributed by atoms with Crippen LogP contribution < -0.4 is 0 Å². The van der Waals surface area contributed by atoms with Crippen LogP contribution >= 0.6 is 0 Å². The van der Waals surface area contributed by atoms with Gasteiger partial charge in [0.15, 0.2) is 26.5 Å². The molecule has 0 bridgehead atoms. The molecule has 0 radical (unpaired) electrons. The lowest BCUT2D eigenvalue weighted by atomic mass is 10.2. The van der Waals surface area contributed by atoms with Gasteiger partial charge in [0.25, 0.3) is 5.82 Å². The molecule has 1 aromatic carbocycles. The Hall–Kier alpha value is -2.82. The molecule has 0 N–H and O–H groups in total. The van der Waals surface area contributed by atoms with Crippen LogP contribution in [0.25, 0.3) is 17.2 Å². The van der Waals surface area contributed by atoms with Gasteiger partial charge in [-0.25, -0.2) is 13.4 Å². The summed E-state index contributed by atoms with van der Waals surface area (Å²) in [5.74, 6) is -1.51. The van der Waals surface area contributed by atoms with Crippen molar-refractivity contribution in [1.29, 1.82) is 0 Å². The summed E-state index contributed by atoms with van der Waals surface area (Å²) in [4.78, 5) is 3.54. The van der Waals surface area contributed by atoms with Crippen LogP contribution in [0.15, 0.2) is 47.5 Å². The molecule has 3 aromatic rings. The first-order valence-electron chi connectivity index (χ1n) is 6.80. The van der Waals surface area contributed by atoms with Gasteiger partial charge in [-0.15, -0.1) is 15.3 Å². The predicted molar refractivity (Wildman–Crippen MR) is 80.5 cm³/mol. The van der Waals surface area contributed by atoms with Crippen molar-refractivity contribution in [2.45, 2.75) is 11.2 Å². The largest absolute Gasteiger partial charge is 0.453 e. The van der Waals surface area contributed by atoms with Gasteiger partial charge in [-0.1, -0.05) is 30.3 Å². The van der Waals surface area contributed by atoms with Gasteiger partial charge in [0.05, 0.1) is 0 Å². The maximum atomic E-state index is 13.0. The van der Waals surface area contributed by atoms with Crippen LogP contribution in [0.1, 0.15) is 5.82 Å². The number of benzene rings is 1. The van der Waals surface area contributed by atoms with E-state index in [4.69, 9.17) is 0 Å². The molecule has 0 aliphatic heterocycles. The molecule has 0 aliphatic rings. The summed E-state index contributed by atoms with van der Waals surface area (Å²) in [6.45, 7) is 0. The minimum Gasteiger partial charge on any atom is -0.222 e. The van der Waals surface area contributed by atoms with Crippen molar-refractivity contribution in [3.8, 4) is 17.2 Å². The normalized spacial score (nSPS) is 12.3. The van der Waals surface area contributed by atoms with E-state index in [9.17, 15) is 21.6 Å². The predicted octanol–water partition coefficient (Wildman–Crippen LogP) is 2.15. The van der Waals surface area contributed by atoms with Crippen molar-refractivity contribution in [1.82, 2.24) is 25.0 Å². The molecule has 3 rings (SSSR count). The number of nitrogens with zero attached hydrogens (tertiary/aromatic N) is 5. The smallest absolute Gasteiger partial charge is 0.222 e. The van der Waals surface area contributed by atoms with Crippen molar-refractivity contribution >= 4 is 9.84 Å². The average molecular weight is 369 g/mol. The van der Waals surface area contributed by atoms with Crippen molar-refractivity contribution < 1.29 is 21.6 Å². The van der Waals surface area contributed by atoms with Crippen LogP contribution in [0.5, 0.6) is 0 Å². The van der Waals surface area contributed by atoms with E-state index in [-0.39, 0.29) is 16.7 Å². The summed E-state index contributed by atoms with van der Waals surface area (Å²) in [6.07, 6.45) is -3.79. The molecule has 25 heavy (non-hydrogen) atoms.